The van der Waals surface area contributed by atoms with Crippen LogP contribution in [0.4, 0.5) is 0 Å². The van der Waals surface area contributed by atoms with E-state index in [0.29, 0.717) is 16.2 Å². The van der Waals surface area contributed by atoms with Crippen LogP contribution in [0, 0.1) is 3.57 Å². The lowest BCUT2D eigenvalue weighted by molar-refractivity contribution is -0.123. The number of nitrogens with zero attached hydrogens (tertiary/aromatic N) is 1. The second kappa shape index (κ2) is 8.93. The highest BCUT2D eigenvalue weighted by molar-refractivity contribution is 14.1. The largest absolute Gasteiger partial charge is 0.497 e. The molecule has 1 saturated heterocycles. The van der Waals surface area contributed by atoms with Crippen LogP contribution in [0.2, 0.25) is 0 Å². The van der Waals surface area contributed by atoms with Gasteiger partial charge in [0.25, 0.3) is 11.8 Å². The molecule has 9 heteroatoms. The lowest BCUT2D eigenvalue weighted by Gasteiger charge is -2.15. The second-order valence-electron chi connectivity index (χ2n) is 5.58. The van der Waals surface area contributed by atoms with Gasteiger partial charge in [-0.15, -0.1) is 0 Å². The molecule has 0 spiro atoms. The van der Waals surface area contributed by atoms with Crippen LogP contribution >= 0.6 is 46.6 Å². The Kier molecular flexibility index (Phi) is 6.57. The van der Waals surface area contributed by atoms with Crippen LogP contribution in [-0.2, 0) is 4.79 Å². The maximum Gasteiger partial charge on any atom is 0.285 e. The fraction of sp³-hybridized carbons (Fsp3) is 0.105. The minimum Gasteiger partial charge on any atom is -0.497 e. The van der Waals surface area contributed by atoms with Crippen LogP contribution in [0.15, 0.2) is 47.4 Å². The summed E-state index contributed by atoms with van der Waals surface area (Å²) in [6, 6.07) is 12.2. The fourth-order valence-electron chi connectivity index (χ4n) is 2.40. The molecule has 0 aromatic heterocycles. The Morgan fingerprint density at radius 2 is 1.89 bits per heavy atom. The van der Waals surface area contributed by atoms with E-state index in [4.69, 9.17) is 21.7 Å². The molecule has 144 valence electrons. The first kappa shape index (κ1) is 20.6. The Morgan fingerprint density at radius 3 is 2.50 bits per heavy atom. The number of ether oxygens (including phenoxy) is 2. The first-order valence-corrected chi connectivity index (χ1v) is 10.3. The van der Waals surface area contributed by atoms with E-state index in [-0.39, 0.29) is 10.2 Å². The van der Waals surface area contributed by atoms with Crippen molar-refractivity contribution in [3.05, 3.63) is 62.1 Å². The number of methoxy groups -OCH3 is 2. The summed E-state index contributed by atoms with van der Waals surface area (Å²) >= 11 is 8.56. The smallest absolute Gasteiger partial charge is 0.285 e. The number of thiocarbonyl (C=S) groups is 1. The third-order valence-corrected chi connectivity index (χ3v) is 5.98. The molecule has 3 rings (SSSR count). The molecule has 0 unspecified atom stereocenters. The summed E-state index contributed by atoms with van der Waals surface area (Å²) in [5, 5.41) is 1.09. The van der Waals surface area contributed by atoms with Gasteiger partial charge in [-0.1, -0.05) is 17.8 Å². The van der Waals surface area contributed by atoms with Crippen LogP contribution in [0.25, 0.3) is 6.08 Å². The normalized spacial score (nSPS) is 15.1. The number of thioether (sulfide) groups is 1. The summed E-state index contributed by atoms with van der Waals surface area (Å²) in [4.78, 5) is 25.5. The number of benzene rings is 2. The van der Waals surface area contributed by atoms with Crippen molar-refractivity contribution in [2.24, 2.45) is 0 Å². The number of amides is 2. The second-order valence-corrected chi connectivity index (χ2v) is 8.42. The molecule has 0 radical (unpaired) electrons. The average molecular weight is 526 g/mol. The zero-order valence-electron chi connectivity index (χ0n) is 14.9. The van der Waals surface area contributed by atoms with Gasteiger partial charge in [0.05, 0.1) is 22.7 Å². The number of hydrogen-bond acceptors (Lipinski definition) is 6. The quantitative estimate of drug-likeness (QED) is 0.363. The molecule has 2 amide bonds. The predicted octanol–water partition coefficient (Wildman–Crippen LogP) is 3.85. The number of nitrogens with one attached hydrogen (secondary N) is 1. The van der Waals surface area contributed by atoms with Gasteiger partial charge in [0, 0.05) is 5.56 Å². The Balaban J connectivity index is 1.75. The lowest BCUT2D eigenvalue weighted by atomic mass is 10.2. The van der Waals surface area contributed by atoms with E-state index in [9.17, 15) is 9.59 Å². The maximum absolute atomic E-state index is 12.7. The van der Waals surface area contributed by atoms with E-state index in [0.717, 1.165) is 31.7 Å². The van der Waals surface area contributed by atoms with Gasteiger partial charge >= 0.3 is 0 Å². The summed E-state index contributed by atoms with van der Waals surface area (Å²) < 4.78 is 11.5. The van der Waals surface area contributed by atoms with Gasteiger partial charge in [0.2, 0.25) is 0 Å². The number of hydrogen-bond donors (Lipinski definition) is 1. The average Bonchev–Trinajstić information content (AvgIpc) is 2.95. The molecule has 1 N–H and O–H groups in total. The topological polar surface area (TPSA) is 67.9 Å². The van der Waals surface area contributed by atoms with Crippen LogP contribution in [0.5, 0.6) is 11.5 Å². The van der Waals surface area contributed by atoms with E-state index >= 15 is 0 Å². The van der Waals surface area contributed by atoms with Gasteiger partial charge in [-0.25, -0.2) is 0 Å². The van der Waals surface area contributed by atoms with Crippen molar-refractivity contribution in [3.8, 4) is 11.5 Å². The number of carbonyl (C=O) groups is 2. The Labute approximate surface area is 185 Å². The van der Waals surface area contributed by atoms with Crippen molar-refractivity contribution >= 4 is 68.8 Å². The molecular formula is C19H15IN2O4S2. The molecule has 0 saturated carbocycles. The molecule has 2 aromatic carbocycles. The third-order valence-electron chi connectivity index (χ3n) is 3.83. The Bertz CT molecular complexity index is 976. The molecule has 1 heterocycles. The van der Waals surface area contributed by atoms with Crippen molar-refractivity contribution < 1.29 is 19.1 Å². The summed E-state index contributed by atoms with van der Waals surface area (Å²) in [7, 11) is 3.15. The minimum atomic E-state index is -0.431. The summed E-state index contributed by atoms with van der Waals surface area (Å²) in [5.41, 5.74) is 3.79. The summed E-state index contributed by atoms with van der Waals surface area (Å²) in [5.74, 6) is 0.596. The zero-order chi connectivity index (χ0) is 20.3. The first-order chi connectivity index (χ1) is 13.4. The fourth-order valence-corrected chi connectivity index (χ4v) is 4.34. The summed E-state index contributed by atoms with van der Waals surface area (Å²) in [6.45, 7) is 0. The van der Waals surface area contributed by atoms with E-state index in [1.807, 2.05) is 18.2 Å². The molecule has 6 nitrogen and oxygen atoms in total. The molecule has 2 aromatic rings. The Morgan fingerprint density at radius 1 is 1.18 bits per heavy atom. The molecule has 0 atom stereocenters. The highest BCUT2D eigenvalue weighted by Gasteiger charge is 2.33. The van der Waals surface area contributed by atoms with Crippen molar-refractivity contribution in [2.45, 2.75) is 0 Å². The van der Waals surface area contributed by atoms with Crippen LogP contribution in [0.3, 0.4) is 0 Å². The number of carbonyl (C=O) groups excluding carboxylic acids is 2. The molecular weight excluding hydrogens is 511 g/mol. The van der Waals surface area contributed by atoms with E-state index in [1.54, 1.807) is 44.6 Å². The molecule has 0 bridgehead atoms. The number of halogens is 1. The van der Waals surface area contributed by atoms with E-state index in [2.05, 4.69) is 28.0 Å². The van der Waals surface area contributed by atoms with Crippen LogP contribution < -0.4 is 14.9 Å². The van der Waals surface area contributed by atoms with Gasteiger partial charge in [-0.05, 0) is 82.8 Å². The zero-order valence-corrected chi connectivity index (χ0v) is 18.7. The Hall–Kier alpha value is -2.11. The van der Waals surface area contributed by atoms with Crippen LogP contribution in [0.1, 0.15) is 15.9 Å². The highest BCUT2D eigenvalue weighted by Crippen LogP contribution is 2.32. The maximum atomic E-state index is 12.7. The summed E-state index contributed by atoms with van der Waals surface area (Å²) in [6.07, 6.45) is 1.74. The predicted molar refractivity (Wildman–Crippen MR) is 121 cm³/mol. The van der Waals surface area contributed by atoms with E-state index in [1.165, 1.54) is 0 Å². The molecule has 28 heavy (non-hydrogen) atoms. The molecule has 1 aliphatic heterocycles. The van der Waals surface area contributed by atoms with Crippen LogP contribution in [-0.4, -0.2) is 35.4 Å². The number of hydrazine groups is 1. The standard InChI is InChI=1S/C19H15IN2O4S2/c1-25-13-6-4-12(5-7-13)17(23)21-22-18(24)16(28-19(22)27)10-11-3-8-15(26-2)14(20)9-11/h3-10H,1-2H3,(H,21,23)/b16-10-. The molecule has 1 fully saturated rings. The lowest BCUT2D eigenvalue weighted by Crippen LogP contribution is -2.44. The van der Waals surface area contributed by atoms with E-state index < -0.39 is 5.91 Å². The van der Waals surface area contributed by atoms with Gasteiger partial charge in [-0.3, -0.25) is 15.0 Å². The van der Waals surface area contributed by atoms with Gasteiger partial charge in [-0.2, -0.15) is 5.01 Å². The van der Waals surface area contributed by atoms with Crippen molar-refractivity contribution in [2.75, 3.05) is 14.2 Å². The van der Waals surface area contributed by atoms with Gasteiger partial charge in [0.15, 0.2) is 4.32 Å². The van der Waals surface area contributed by atoms with Crippen molar-refractivity contribution in [1.29, 1.82) is 0 Å². The highest BCUT2D eigenvalue weighted by atomic mass is 127. The number of rotatable bonds is 5. The molecule has 1 aliphatic rings. The SMILES string of the molecule is COc1ccc(C(=O)NN2C(=O)/C(=C/c3ccc(OC)c(I)c3)SC2=S)cc1. The van der Waals surface area contributed by atoms with Crippen molar-refractivity contribution in [3.63, 3.8) is 0 Å². The minimum absolute atomic E-state index is 0.265. The van der Waals surface area contributed by atoms with Crippen molar-refractivity contribution in [1.82, 2.24) is 10.4 Å². The first-order valence-electron chi connectivity index (χ1n) is 7.99. The third kappa shape index (κ3) is 4.47. The van der Waals surface area contributed by atoms with Gasteiger partial charge in [0.1, 0.15) is 11.5 Å². The monoisotopic (exact) mass is 526 g/mol. The van der Waals surface area contributed by atoms with Gasteiger partial charge < -0.3 is 9.47 Å². The molecule has 0 aliphatic carbocycles.